The zero-order valence-corrected chi connectivity index (χ0v) is 29.2. The van der Waals surface area contributed by atoms with Gasteiger partial charge in [0.05, 0.1) is 0 Å². The summed E-state index contributed by atoms with van der Waals surface area (Å²) in [5.41, 5.74) is 0. The molecule has 0 saturated carbocycles. The molecule has 0 aliphatic heterocycles. The first-order valence-corrected chi connectivity index (χ1v) is 26.5. The van der Waals surface area contributed by atoms with Crippen molar-refractivity contribution in [3.05, 3.63) is 0 Å². The van der Waals surface area contributed by atoms with Crippen molar-refractivity contribution in [2.75, 3.05) is 19.6 Å². The molecular weight excluding hydrogens is 523 g/mol. The van der Waals surface area contributed by atoms with Gasteiger partial charge in [0.2, 0.25) is 0 Å². The van der Waals surface area contributed by atoms with Crippen molar-refractivity contribution in [1.82, 2.24) is 8.80 Å². The second-order valence-electron chi connectivity index (χ2n) is 9.71. The lowest BCUT2D eigenvalue weighted by molar-refractivity contribution is 0.381. The van der Waals surface area contributed by atoms with Gasteiger partial charge in [-0.25, -0.2) is 0 Å². The van der Waals surface area contributed by atoms with Crippen molar-refractivity contribution in [2.45, 2.75) is 129 Å². The first-order valence-electron chi connectivity index (χ1n) is 13.6. The predicted octanol–water partition coefficient (Wildman–Crippen LogP) is 9.65. The summed E-state index contributed by atoms with van der Waals surface area (Å²) < 4.78 is 6.20. The molecule has 0 heterocycles. The molecule has 0 rings (SSSR count). The van der Waals surface area contributed by atoms with E-state index in [1.165, 1.54) is 67.5 Å². The fraction of sp³-hybridized carbons (Fsp3) is 1.00. The summed E-state index contributed by atoms with van der Waals surface area (Å²) in [6.45, 7) is 25.8. The van der Waals surface area contributed by atoms with E-state index >= 15 is 0 Å². The van der Waals surface area contributed by atoms with E-state index in [9.17, 15) is 0 Å². The summed E-state index contributed by atoms with van der Waals surface area (Å²) in [7, 11) is -4.34. The molecule has 0 aliphatic rings. The fourth-order valence-electron chi connectivity index (χ4n) is 6.32. The highest BCUT2D eigenvalue weighted by molar-refractivity contribution is 7.64. The molecular formula is C23H55Cl3N2Si4. The monoisotopic (exact) mass is 576 g/mol. The molecule has 0 aromatic rings. The van der Waals surface area contributed by atoms with Crippen molar-refractivity contribution in [2.24, 2.45) is 0 Å². The highest BCUT2D eigenvalue weighted by Crippen LogP contribution is 2.36. The summed E-state index contributed by atoms with van der Waals surface area (Å²) in [4.78, 5) is 0. The van der Waals surface area contributed by atoms with Gasteiger partial charge in [0.1, 0.15) is 24.7 Å². The van der Waals surface area contributed by atoms with Crippen LogP contribution in [0.2, 0.25) is 60.4 Å². The van der Waals surface area contributed by atoms with Crippen molar-refractivity contribution in [3.8, 4) is 0 Å². The maximum absolute atomic E-state index is 6.26. The van der Waals surface area contributed by atoms with E-state index in [-0.39, 0.29) is 0 Å². The zero-order chi connectivity index (χ0) is 25.1. The van der Waals surface area contributed by atoms with Crippen LogP contribution in [-0.2, 0) is 0 Å². The number of rotatable bonds is 19. The van der Waals surface area contributed by atoms with Crippen molar-refractivity contribution < 1.29 is 0 Å². The van der Waals surface area contributed by atoms with Crippen LogP contribution in [0.3, 0.4) is 0 Å². The molecule has 32 heavy (non-hydrogen) atoms. The highest BCUT2D eigenvalue weighted by atomic mass is 35.8. The molecule has 0 N–H and O–H groups in total. The van der Waals surface area contributed by atoms with Gasteiger partial charge in [-0.1, -0.05) is 62.3 Å². The molecule has 194 valence electrons. The number of halogens is 3. The zero-order valence-electron chi connectivity index (χ0n) is 22.9. The van der Waals surface area contributed by atoms with E-state index in [1.54, 1.807) is 0 Å². The number of hydrogen-bond acceptors (Lipinski definition) is 2. The summed E-state index contributed by atoms with van der Waals surface area (Å²) in [6, 6.07) is 10.6. The van der Waals surface area contributed by atoms with Gasteiger partial charge in [0, 0.05) is 6.54 Å². The van der Waals surface area contributed by atoms with E-state index < -0.39 is 30.7 Å². The largest absolute Gasteiger partial charge is 0.344 e. The molecule has 0 atom stereocenters. The Kier molecular flexibility index (Phi) is 16.5. The summed E-state index contributed by atoms with van der Waals surface area (Å²) in [6.07, 6.45) is 1.04. The Morgan fingerprint density at radius 3 is 1.09 bits per heavy atom. The first-order chi connectivity index (χ1) is 15.0. The Balaban J connectivity index is 6.08. The minimum atomic E-state index is -2.54. The van der Waals surface area contributed by atoms with Crippen molar-refractivity contribution in [3.63, 3.8) is 0 Å². The van der Waals surface area contributed by atoms with Gasteiger partial charge in [0.25, 0.3) is 0 Å². The Hall–Kier alpha value is 1.66. The van der Waals surface area contributed by atoms with Crippen LogP contribution >= 0.6 is 33.2 Å². The van der Waals surface area contributed by atoms with Crippen LogP contribution in [0.1, 0.15) is 68.7 Å². The van der Waals surface area contributed by atoms with Crippen molar-refractivity contribution >= 4 is 63.9 Å². The average Bonchev–Trinajstić information content (AvgIpc) is 2.79. The molecule has 0 aromatic carbocycles. The molecule has 0 aliphatic carbocycles. The lowest BCUT2D eigenvalue weighted by Gasteiger charge is -2.53. The molecule has 2 nitrogen and oxygen atoms in total. The van der Waals surface area contributed by atoms with Gasteiger partial charge in [0.15, 0.2) is 0 Å². The van der Waals surface area contributed by atoms with E-state index in [4.69, 9.17) is 33.2 Å². The van der Waals surface area contributed by atoms with Gasteiger partial charge < -0.3 is 8.80 Å². The third-order valence-electron chi connectivity index (χ3n) is 9.22. The Morgan fingerprint density at radius 2 is 0.812 bits per heavy atom. The lowest BCUT2D eigenvalue weighted by Crippen LogP contribution is -2.68. The smallest absolute Gasteiger partial charge is 0.341 e. The molecule has 0 radical (unpaired) electrons. The molecule has 0 bridgehead atoms. The molecule has 0 saturated heterocycles. The number of hydrogen-bond donors (Lipinski definition) is 0. The third kappa shape index (κ3) is 8.65. The van der Waals surface area contributed by atoms with Crippen LogP contribution < -0.4 is 0 Å². The second kappa shape index (κ2) is 15.7. The minimum absolute atomic E-state index is 0.786. The molecule has 0 aromatic heterocycles. The SMILES string of the molecule is CC[Si](CC)(CC)N(CCC[Si](Cl)(Cl)Cl)CCN([Si](CC)(CC)CC)[Si](CC)(CC)CC. The Labute approximate surface area is 220 Å². The molecule has 0 unspecified atom stereocenters. The summed E-state index contributed by atoms with van der Waals surface area (Å²) >= 11 is 18.8. The third-order valence-corrected chi connectivity index (χ3v) is 31.1. The summed E-state index contributed by atoms with van der Waals surface area (Å²) in [5, 5.41) is 0. The topological polar surface area (TPSA) is 6.48 Å². The van der Waals surface area contributed by atoms with Gasteiger partial charge in [-0.2, -0.15) is 0 Å². The van der Waals surface area contributed by atoms with Crippen LogP contribution in [0.25, 0.3) is 0 Å². The van der Waals surface area contributed by atoms with Crippen LogP contribution in [0.5, 0.6) is 0 Å². The molecule has 9 heteroatoms. The molecule has 0 spiro atoms. The van der Waals surface area contributed by atoms with Gasteiger partial charge >= 0.3 is 6.00 Å². The Bertz CT molecular complexity index is 449. The van der Waals surface area contributed by atoms with E-state index in [0.717, 1.165) is 19.0 Å². The lowest BCUT2D eigenvalue weighted by atomic mass is 10.4. The highest BCUT2D eigenvalue weighted by Gasteiger charge is 2.46. The van der Waals surface area contributed by atoms with Gasteiger partial charge in [-0.15, -0.1) is 33.2 Å². The van der Waals surface area contributed by atoms with E-state index in [1.807, 2.05) is 0 Å². The van der Waals surface area contributed by atoms with Gasteiger partial charge in [-0.05, 0) is 80.0 Å². The first kappa shape index (κ1) is 33.7. The van der Waals surface area contributed by atoms with Crippen LogP contribution in [-0.4, -0.2) is 59.1 Å². The Morgan fingerprint density at radius 1 is 0.469 bits per heavy atom. The van der Waals surface area contributed by atoms with Crippen molar-refractivity contribution in [1.29, 1.82) is 0 Å². The second-order valence-corrected chi connectivity index (χ2v) is 34.9. The maximum Gasteiger partial charge on any atom is 0.341 e. The number of nitrogens with zero attached hydrogens (tertiary/aromatic N) is 2. The molecule has 0 fully saturated rings. The predicted molar refractivity (Wildman–Crippen MR) is 163 cm³/mol. The average molecular weight is 578 g/mol. The maximum atomic E-state index is 6.26. The fourth-order valence-corrected chi connectivity index (χ4v) is 25.4. The van der Waals surface area contributed by atoms with Crippen LogP contribution in [0.4, 0.5) is 0 Å². The standard InChI is InChI=1S/C23H55Cl3N2Si4/c1-10-29(11-2,12-3)27(20-19-23-32(24,25)26)21-22-28(30(13-4,14-5)15-6)31(16-7,17-8)18-9/h10-23H2,1-9H3. The minimum Gasteiger partial charge on any atom is -0.344 e. The normalized spacial score (nSPS) is 14.1. The molecule has 0 amide bonds. The van der Waals surface area contributed by atoms with Gasteiger partial charge in [-0.3, -0.25) is 0 Å². The summed E-state index contributed by atoms with van der Waals surface area (Å²) in [5.74, 6) is 0. The van der Waals surface area contributed by atoms with E-state index in [0.29, 0.717) is 0 Å². The van der Waals surface area contributed by atoms with Crippen LogP contribution in [0, 0.1) is 0 Å². The van der Waals surface area contributed by atoms with E-state index in [2.05, 4.69) is 71.1 Å². The van der Waals surface area contributed by atoms with Crippen LogP contribution in [0.15, 0.2) is 0 Å². The quantitative estimate of drug-likeness (QED) is 0.111.